The molecule has 0 bridgehead atoms. The second-order valence-electron chi connectivity index (χ2n) is 5.79. The molecule has 2 unspecified atom stereocenters. The summed E-state index contributed by atoms with van der Waals surface area (Å²) < 4.78 is 18.7. The quantitative estimate of drug-likeness (QED) is 0.855. The molecule has 1 aliphatic rings. The molecule has 112 valence electrons. The minimum atomic E-state index is -0.246. The van der Waals surface area contributed by atoms with Crippen LogP contribution in [0.25, 0.3) is 0 Å². The van der Waals surface area contributed by atoms with E-state index >= 15 is 0 Å². The second-order valence-corrected chi connectivity index (χ2v) is 5.79. The maximum Gasteiger partial charge on any atom is 0.165 e. The van der Waals surface area contributed by atoms with E-state index in [9.17, 15) is 4.39 Å². The number of halogens is 1. The highest BCUT2D eigenvalue weighted by molar-refractivity contribution is 5.29. The Hall–Kier alpha value is -1.09. The average Bonchev–Trinajstić information content (AvgIpc) is 2.46. The second kappa shape index (κ2) is 7.63. The van der Waals surface area contributed by atoms with Crippen molar-refractivity contribution in [3.05, 3.63) is 29.6 Å². The summed E-state index contributed by atoms with van der Waals surface area (Å²) in [5, 5.41) is 3.47. The minimum Gasteiger partial charge on any atom is -0.494 e. The lowest BCUT2D eigenvalue weighted by molar-refractivity contribution is 0.229. The number of nitrogens with one attached hydrogen (secondary N) is 1. The molecule has 3 heteroatoms. The molecule has 0 saturated heterocycles. The number of rotatable bonds is 6. The van der Waals surface area contributed by atoms with Crippen LogP contribution >= 0.6 is 0 Å². The molecule has 2 atom stereocenters. The van der Waals surface area contributed by atoms with Gasteiger partial charge in [0.2, 0.25) is 0 Å². The van der Waals surface area contributed by atoms with E-state index in [1.54, 1.807) is 12.1 Å². The highest BCUT2D eigenvalue weighted by Gasteiger charge is 2.25. The first-order valence-corrected chi connectivity index (χ1v) is 7.77. The van der Waals surface area contributed by atoms with Gasteiger partial charge in [0.1, 0.15) is 0 Å². The van der Waals surface area contributed by atoms with Crippen molar-refractivity contribution in [3.63, 3.8) is 0 Å². The lowest BCUT2D eigenvalue weighted by atomic mass is 9.76. The Morgan fingerprint density at radius 1 is 1.25 bits per heavy atom. The number of hydrogen-bond acceptors (Lipinski definition) is 2. The zero-order valence-electron chi connectivity index (χ0n) is 12.6. The third-order valence-corrected chi connectivity index (χ3v) is 4.44. The van der Waals surface area contributed by atoms with E-state index < -0.39 is 0 Å². The smallest absolute Gasteiger partial charge is 0.165 e. The number of ether oxygens (including phenoxy) is 1. The van der Waals surface area contributed by atoms with Crippen LogP contribution in [-0.2, 0) is 6.42 Å². The predicted octanol–water partition coefficient (Wildman–Crippen LogP) is 3.79. The van der Waals surface area contributed by atoms with Gasteiger partial charge in [0.05, 0.1) is 7.11 Å². The molecule has 1 aromatic rings. The highest BCUT2D eigenvalue weighted by Crippen LogP contribution is 2.33. The monoisotopic (exact) mass is 279 g/mol. The summed E-state index contributed by atoms with van der Waals surface area (Å²) in [7, 11) is 1.51. The van der Waals surface area contributed by atoms with Gasteiger partial charge in [-0.25, -0.2) is 4.39 Å². The maximum atomic E-state index is 13.8. The van der Waals surface area contributed by atoms with Gasteiger partial charge in [-0.15, -0.1) is 0 Å². The lowest BCUT2D eigenvalue weighted by Gasteiger charge is -2.32. The lowest BCUT2D eigenvalue weighted by Crippen LogP contribution is -2.31. The third kappa shape index (κ3) is 3.95. The molecule has 0 amide bonds. The molecule has 0 aliphatic heterocycles. The molecule has 0 aromatic heterocycles. The number of hydrogen-bond donors (Lipinski definition) is 1. The molecule has 20 heavy (non-hydrogen) atoms. The predicted molar refractivity (Wildman–Crippen MR) is 80.6 cm³/mol. The van der Waals surface area contributed by atoms with Gasteiger partial charge in [-0.05, 0) is 61.9 Å². The van der Waals surface area contributed by atoms with Gasteiger partial charge in [0.25, 0.3) is 0 Å². The zero-order valence-corrected chi connectivity index (χ0v) is 12.6. The highest BCUT2D eigenvalue weighted by atomic mass is 19.1. The van der Waals surface area contributed by atoms with E-state index in [1.165, 1.54) is 32.8 Å². The molecule has 0 spiro atoms. The average molecular weight is 279 g/mol. The molecule has 2 nitrogen and oxygen atoms in total. The topological polar surface area (TPSA) is 21.3 Å². The van der Waals surface area contributed by atoms with E-state index in [0.29, 0.717) is 11.7 Å². The first kappa shape index (κ1) is 15.3. The van der Waals surface area contributed by atoms with Gasteiger partial charge in [-0.2, -0.15) is 0 Å². The maximum absolute atomic E-state index is 13.8. The SMILES string of the molecule is CCNCC1CCCCC1Cc1ccc(OC)c(F)c1. The van der Waals surface area contributed by atoms with E-state index in [-0.39, 0.29) is 5.82 Å². The molecule has 1 N–H and O–H groups in total. The van der Waals surface area contributed by atoms with Gasteiger partial charge in [0.15, 0.2) is 11.6 Å². The Balaban J connectivity index is 2.00. The molecule has 2 rings (SSSR count). The molecule has 1 saturated carbocycles. The first-order chi connectivity index (χ1) is 9.74. The molecule has 0 radical (unpaired) electrons. The fraction of sp³-hybridized carbons (Fsp3) is 0.647. The van der Waals surface area contributed by atoms with Gasteiger partial charge >= 0.3 is 0 Å². The third-order valence-electron chi connectivity index (χ3n) is 4.44. The van der Waals surface area contributed by atoms with Crippen LogP contribution in [0.15, 0.2) is 18.2 Å². The Labute approximate surface area is 121 Å². The number of benzene rings is 1. The Kier molecular flexibility index (Phi) is 5.84. The van der Waals surface area contributed by atoms with Gasteiger partial charge in [-0.1, -0.05) is 25.8 Å². The van der Waals surface area contributed by atoms with Crippen LogP contribution in [0.2, 0.25) is 0 Å². The van der Waals surface area contributed by atoms with Gasteiger partial charge in [-0.3, -0.25) is 0 Å². The van der Waals surface area contributed by atoms with E-state index in [0.717, 1.165) is 31.0 Å². The van der Waals surface area contributed by atoms with Crippen LogP contribution in [0.1, 0.15) is 38.2 Å². The Morgan fingerprint density at radius 2 is 2.00 bits per heavy atom. The van der Waals surface area contributed by atoms with Crippen molar-refractivity contribution in [3.8, 4) is 5.75 Å². The summed E-state index contributed by atoms with van der Waals surface area (Å²) in [5.74, 6) is 1.50. The number of methoxy groups -OCH3 is 1. The van der Waals surface area contributed by atoms with E-state index in [4.69, 9.17) is 4.74 Å². The summed E-state index contributed by atoms with van der Waals surface area (Å²) in [6.07, 6.45) is 6.20. The Bertz CT molecular complexity index is 421. The van der Waals surface area contributed by atoms with Crippen LogP contribution in [0.4, 0.5) is 4.39 Å². The van der Waals surface area contributed by atoms with Crippen molar-refractivity contribution in [2.24, 2.45) is 11.8 Å². The van der Waals surface area contributed by atoms with Crippen LogP contribution in [0.5, 0.6) is 5.75 Å². The molecule has 1 fully saturated rings. The fourth-order valence-electron chi connectivity index (χ4n) is 3.29. The van der Waals surface area contributed by atoms with Crippen LogP contribution in [0.3, 0.4) is 0 Å². The first-order valence-electron chi connectivity index (χ1n) is 7.77. The van der Waals surface area contributed by atoms with Gasteiger partial charge < -0.3 is 10.1 Å². The summed E-state index contributed by atoms with van der Waals surface area (Å²) in [4.78, 5) is 0. The van der Waals surface area contributed by atoms with Crippen molar-refractivity contribution in [2.75, 3.05) is 20.2 Å². The zero-order chi connectivity index (χ0) is 14.4. The van der Waals surface area contributed by atoms with Crippen molar-refractivity contribution in [2.45, 2.75) is 39.0 Å². The molecule has 0 heterocycles. The summed E-state index contributed by atoms with van der Waals surface area (Å²) in [6, 6.07) is 5.38. The van der Waals surface area contributed by atoms with Crippen LogP contribution < -0.4 is 10.1 Å². The molecular formula is C17H26FNO. The van der Waals surface area contributed by atoms with E-state index in [1.807, 2.05) is 6.07 Å². The standard InChI is InChI=1S/C17H26FNO/c1-3-19-12-15-7-5-4-6-14(15)10-13-8-9-17(20-2)16(18)11-13/h8-9,11,14-15,19H,3-7,10,12H2,1-2H3. The van der Waals surface area contributed by atoms with Crippen LogP contribution in [0, 0.1) is 17.7 Å². The fourth-order valence-corrected chi connectivity index (χ4v) is 3.29. The molecule has 1 aromatic carbocycles. The van der Waals surface area contributed by atoms with Crippen molar-refractivity contribution < 1.29 is 9.13 Å². The van der Waals surface area contributed by atoms with Gasteiger partial charge in [0, 0.05) is 0 Å². The largest absolute Gasteiger partial charge is 0.494 e. The van der Waals surface area contributed by atoms with Crippen LogP contribution in [-0.4, -0.2) is 20.2 Å². The Morgan fingerprint density at radius 3 is 2.65 bits per heavy atom. The van der Waals surface area contributed by atoms with Crippen molar-refractivity contribution in [1.82, 2.24) is 5.32 Å². The normalized spacial score (nSPS) is 22.8. The van der Waals surface area contributed by atoms with Crippen molar-refractivity contribution in [1.29, 1.82) is 0 Å². The molecular weight excluding hydrogens is 253 g/mol. The summed E-state index contributed by atoms with van der Waals surface area (Å²) >= 11 is 0. The molecule has 1 aliphatic carbocycles. The van der Waals surface area contributed by atoms with Crippen molar-refractivity contribution >= 4 is 0 Å². The minimum absolute atomic E-state index is 0.246. The summed E-state index contributed by atoms with van der Waals surface area (Å²) in [6.45, 7) is 4.27. The van der Waals surface area contributed by atoms with E-state index in [2.05, 4.69) is 12.2 Å². The summed E-state index contributed by atoms with van der Waals surface area (Å²) in [5.41, 5.74) is 1.09.